The quantitative estimate of drug-likeness (QED) is 0.784. The van der Waals surface area contributed by atoms with Crippen LogP contribution >= 0.6 is 0 Å². The number of hydrogen-bond donors (Lipinski definition) is 1. The molecule has 3 aromatic rings. The fourth-order valence-electron chi connectivity index (χ4n) is 2.62. The van der Waals surface area contributed by atoms with Crippen molar-refractivity contribution in [2.75, 3.05) is 5.73 Å². The minimum atomic E-state index is 0.548. The Balaban J connectivity index is 2.02. The van der Waals surface area contributed by atoms with E-state index in [0.717, 1.165) is 35.4 Å². The third-order valence-corrected chi connectivity index (χ3v) is 3.91. The van der Waals surface area contributed by atoms with Gasteiger partial charge in [0, 0.05) is 38.1 Å². The number of nitrogen functional groups attached to an aromatic ring is 1. The molecule has 104 valence electrons. The van der Waals surface area contributed by atoms with E-state index in [0.29, 0.717) is 5.82 Å². The number of fused-ring (bicyclic) bond motifs is 1. The van der Waals surface area contributed by atoms with Crippen LogP contribution in [0.3, 0.4) is 0 Å². The first-order valence-corrected chi connectivity index (χ1v) is 6.61. The summed E-state index contributed by atoms with van der Waals surface area (Å²) in [5, 5.41) is 0.963. The molecule has 0 fully saturated rings. The third-order valence-electron chi connectivity index (χ3n) is 3.91. The first-order valence-electron chi connectivity index (χ1n) is 6.61. The predicted molar refractivity (Wildman–Crippen MR) is 78.3 cm³/mol. The highest BCUT2D eigenvalue weighted by molar-refractivity contribution is 5.90. The average molecular weight is 270 g/mol. The van der Waals surface area contributed by atoms with Crippen molar-refractivity contribution in [2.24, 2.45) is 7.05 Å². The summed E-state index contributed by atoms with van der Waals surface area (Å²) in [7, 11) is 2.01. The predicted octanol–water partition coefficient (Wildman–Crippen LogP) is 1.61. The molecule has 20 heavy (non-hydrogen) atoms. The van der Waals surface area contributed by atoms with Crippen LogP contribution in [-0.2, 0) is 20.0 Å². The van der Waals surface area contributed by atoms with E-state index < -0.39 is 0 Å². The second-order valence-electron chi connectivity index (χ2n) is 5.02. The lowest BCUT2D eigenvalue weighted by Crippen LogP contribution is -2.07. The molecule has 0 aliphatic heterocycles. The van der Waals surface area contributed by atoms with Gasteiger partial charge in [-0.2, -0.15) is 0 Å². The van der Waals surface area contributed by atoms with Gasteiger partial charge in [0.15, 0.2) is 0 Å². The number of hydrogen-bond acceptors (Lipinski definition) is 4. The monoisotopic (exact) mass is 270 g/mol. The molecule has 3 rings (SSSR count). The van der Waals surface area contributed by atoms with Crippen LogP contribution in [0, 0.1) is 13.8 Å². The van der Waals surface area contributed by atoms with E-state index in [1.54, 1.807) is 0 Å². The van der Waals surface area contributed by atoms with Gasteiger partial charge in [0.1, 0.15) is 23.6 Å². The topological polar surface area (TPSA) is 74.5 Å². The Hall–Kier alpha value is -2.37. The standard InChI is InChI=1S/C14H18N6/c1-9-10(2)20(6-4-11-16-5-7-19(11)3)14-12(9)13(15)17-8-18-14/h5,7-8H,4,6H2,1-3H3,(H2,15,17,18). The molecule has 0 saturated carbocycles. The Kier molecular flexibility index (Phi) is 2.93. The molecule has 6 heteroatoms. The molecule has 6 nitrogen and oxygen atoms in total. The maximum absolute atomic E-state index is 5.97. The van der Waals surface area contributed by atoms with E-state index in [4.69, 9.17) is 5.73 Å². The van der Waals surface area contributed by atoms with Crippen LogP contribution in [0.15, 0.2) is 18.7 Å². The number of nitrogens with two attached hydrogens (primary N) is 1. The van der Waals surface area contributed by atoms with Gasteiger partial charge in [-0.1, -0.05) is 0 Å². The van der Waals surface area contributed by atoms with Crippen LogP contribution in [0.1, 0.15) is 17.1 Å². The van der Waals surface area contributed by atoms with Crippen molar-refractivity contribution in [1.29, 1.82) is 0 Å². The van der Waals surface area contributed by atoms with Gasteiger partial charge in [0.2, 0.25) is 0 Å². The minimum absolute atomic E-state index is 0.548. The molecule has 0 amide bonds. The maximum Gasteiger partial charge on any atom is 0.145 e. The SMILES string of the molecule is Cc1c(C)n(CCc2nccn2C)c2ncnc(N)c12. The van der Waals surface area contributed by atoms with E-state index in [1.165, 1.54) is 12.0 Å². The van der Waals surface area contributed by atoms with Crippen molar-refractivity contribution in [1.82, 2.24) is 24.1 Å². The second kappa shape index (κ2) is 4.63. The number of imidazole rings is 1. The molecule has 2 N–H and O–H groups in total. The number of rotatable bonds is 3. The average Bonchev–Trinajstić information content (AvgIpc) is 2.93. The number of aryl methyl sites for hydroxylation is 4. The van der Waals surface area contributed by atoms with Crippen molar-refractivity contribution in [2.45, 2.75) is 26.8 Å². The fraction of sp³-hybridized carbons (Fsp3) is 0.357. The highest BCUT2D eigenvalue weighted by Gasteiger charge is 2.15. The van der Waals surface area contributed by atoms with Crippen LogP contribution in [-0.4, -0.2) is 24.1 Å². The summed E-state index contributed by atoms with van der Waals surface area (Å²) in [5.74, 6) is 1.61. The van der Waals surface area contributed by atoms with Gasteiger partial charge in [-0.05, 0) is 19.4 Å². The Bertz CT molecular complexity index is 767. The Morgan fingerprint density at radius 1 is 1.20 bits per heavy atom. The lowest BCUT2D eigenvalue weighted by Gasteiger charge is -2.08. The smallest absolute Gasteiger partial charge is 0.145 e. The largest absolute Gasteiger partial charge is 0.383 e. The molecule has 0 radical (unpaired) electrons. The summed E-state index contributed by atoms with van der Waals surface area (Å²) in [4.78, 5) is 12.8. The first kappa shape index (κ1) is 12.7. The van der Waals surface area contributed by atoms with E-state index in [1.807, 2.05) is 24.0 Å². The van der Waals surface area contributed by atoms with E-state index in [-0.39, 0.29) is 0 Å². The summed E-state index contributed by atoms with van der Waals surface area (Å²) in [5.41, 5.74) is 9.21. The summed E-state index contributed by atoms with van der Waals surface area (Å²) in [6.07, 6.45) is 6.16. The molecular formula is C14H18N6. The zero-order valence-corrected chi connectivity index (χ0v) is 12.0. The third kappa shape index (κ3) is 1.84. The summed E-state index contributed by atoms with van der Waals surface area (Å²) >= 11 is 0. The van der Waals surface area contributed by atoms with Gasteiger partial charge < -0.3 is 14.9 Å². The molecule has 0 aliphatic carbocycles. The van der Waals surface area contributed by atoms with E-state index in [9.17, 15) is 0 Å². The van der Waals surface area contributed by atoms with E-state index in [2.05, 4.69) is 33.4 Å². The van der Waals surface area contributed by atoms with Crippen molar-refractivity contribution in [3.8, 4) is 0 Å². The van der Waals surface area contributed by atoms with Gasteiger partial charge >= 0.3 is 0 Å². The lowest BCUT2D eigenvalue weighted by molar-refractivity contribution is 0.650. The Labute approximate surface area is 117 Å². The Morgan fingerprint density at radius 2 is 2.00 bits per heavy atom. The van der Waals surface area contributed by atoms with Gasteiger partial charge in [-0.15, -0.1) is 0 Å². The summed E-state index contributed by atoms with van der Waals surface area (Å²) in [6, 6.07) is 0. The van der Waals surface area contributed by atoms with Gasteiger partial charge in [0.25, 0.3) is 0 Å². The number of aromatic nitrogens is 5. The molecule has 0 atom stereocenters. The first-order chi connectivity index (χ1) is 9.59. The van der Waals surface area contributed by atoms with Gasteiger partial charge in [0.05, 0.1) is 5.39 Å². The normalized spacial score (nSPS) is 11.3. The number of nitrogens with zero attached hydrogens (tertiary/aromatic N) is 5. The van der Waals surface area contributed by atoms with Gasteiger partial charge in [-0.3, -0.25) is 0 Å². The molecule has 0 aliphatic rings. The molecule has 3 aromatic heterocycles. The molecule has 0 unspecified atom stereocenters. The molecule has 0 saturated heterocycles. The number of anilines is 1. The zero-order chi connectivity index (χ0) is 14.3. The van der Waals surface area contributed by atoms with Crippen molar-refractivity contribution in [3.05, 3.63) is 35.8 Å². The van der Waals surface area contributed by atoms with Crippen LogP contribution in [0.25, 0.3) is 11.0 Å². The van der Waals surface area contributed by atoms with Crippen molar-refractivity contribution in [3.63, 3.8) is 0 Å². The summed E-state index contributed by atoms with van der Waals surface area (Å²) < 4.78 is 4.23. The highest BCUT2D eigenvalue weighted by Crippen LogP contribution is 2.26. The molecular weight excluding hydrogens is 252 g/mol. The fourth-order valence-corrected chi connectivity index (χ4v) is 2.62. The molecule has 0 aromatic carbocycles. The van der Waals surface area contributed by atoms with Crippen LogP contribution < -0.4 is 5.73 Å². The Morgan fingerprint density at radius 3 is 2.70 bits per heavy atom. The van der Waals surface area contributed by atoms with Crippen LogP contribution in [0.2, 0.25) is 0 Å². The minimum Gasteiger partial charge on any atom is -0.383 e. The van der Waals surface area contributed by atoms with Gasteiger partial charge in [-0.25, -0.2) is 15.0 Å². The zero-order valence-electron chi connectivity index (χ0n) is 12.0. The second-order valence-corrected chi connectivity index (χ2v) is 5.02. The van der Waals surface area contributed by atoms with E-state index >= 15 is 0 Å². The molecule has 0 bridgehead atoms. The molecule has 3 heterocycles. The van der Waals surface area contributed by atoms with Crippen molar-refractivity contribution < 1.29 is 0 Å². The highest BCUT2D eigenvalue weighted by atomic mass is 15.1. The molecule has 0 spiro atoms. The summed E-state index contributed by atoms with van der Waals surface area (Å²) in [6.45, 7) is 4.99. The van der Waals surface area contributed by atoms with Crippen LogP contribution in [0.4, 0.5) is 5.82 Å². The van der Waals surface area contributed by atoms with Crippen molar-refractivity contribution >= 4 is 16.9 Å². The lowest BCUT2D eigenvalue weighted by atomic mass is 10.2. The van der Waals surface area contributed by atoms with Crippen LogP contribution in [0.5, 0.6) is 0 Å². The maximum atomic E-state index is 5.97.